The molecule has 0 saturated carbocycles. The van der Waals surface area contributed by atoms with Crippen LogP contribution in [-0.4, -0.2) is 145 Å². The maximum atomic E-state index is 11.6. The van der Waals surface area contributed by atoms with E-state index in [9.17, 15) is 45.6 Å². The summed E-state index contributed by atoms with van der Waals surface area (Å²) in [5, 5.41) is 84.4. The summed E-state index contributed by atoms with van der Waals surface area (Å²) in [5.41, 5.74) is 0. The molecule has 0 bridgehead atoms. The molecular weight excluding hydrogens is 478 g/mol. The predicted octanol–water partition coefficient (Wildman–Crippen LogP) is -5.37. The molecular formula is C20H35NO14. The number of carbonyl (C=O) groups excluding carboxylic acids is 1. The van der Waals surface area contributed by atoms with Gasteiger partial charge in [-0.3, -0.25) is 4.79 Å². The first-order valence-corrected chi connectivity index (χ1v) is 11.3. The van der Waals surface area contributed by atoms with Gasteiger partial charge in [0, 0.05) is 6.92 Å². The van der Waals surface area contributed by atoms with Crippen molar-refractivity contribution in [2.75, 3.05) is 6.61 Å². The molecule has 0 aromatic carbocycles. The standard InChI is InChI=1S/C20H35NO14/c1-5-10(24)16(14(28)18(30)31-5)35-20-15(29)17(11(25)6(2)32-20)34-19-9(21-7(3)23)13(27)12(26)8(4-22)33-19/h5-6,8-20,22,24-30H,4H2,1-3H3,(H,21,23)/t5-,6-,8+,9+,10-,11-,12+,13+,14+,15+,16+,17+,18+,19-,20-/m0/s1. The zero-order chi connectivity index (χ0) is 26.2. The molecule has 0 radical (unpaired) electrons. The molecule has 15 nitrogen and oxygen atoms in total. The Labute approximate surface area is 200 Å². The van der Waals surface area contributed by atoms with Gasteiger partial charge in [0.25, 0.3) is 0 Å². The Morgan fingerprint density at radius 3 is 1.86 bits per heavy atom. The molecule has 0 unspecified atom stereocenters. The topological polar surface area (TPSA) is 237 Å². The van der Waals surface area contributed by atoms with Gasteiger partial charge in [-0.2, -0.15) is 0 Å². The van der Waals surface area contributed by atoms with Gasteiger partial charge in [0.05, 0.1) is 18.8 Å². The number of aliphatic hydroxyl groups is 8. The van der Waals surface area contributed by atoms with E-state index in [2.05, 4.69) is 5.32 Å². The summed E-state index contributed by atoms with van der Waals surface area (Å²) in [5.74, 6) is -0.598. The number of aliphatic hydroxyl groups excluding tert-OH is 8. The molecule has 15 heteroatoms. The van der Waals surface area contributed by atoms with Crippen LogP contribution in [0.2, 0.25) is 0 Å². The largest absolute Gasteiger partial charge is 0.394 e. The molecule has 3 fully saturated rings. The highest BCUT2D eigenvalue weighted by molar-refractivity contribution is 5.73. The highest BCUT2D eigenvalue weighted by Crippen LogP contribution is 2.32. The molecule has 15 atom stereocenters. The summed E-state index contributed by atoms with van der Waals surface area (Å²) in [6, 6.07) is -1.34. The SMILES string of the molecule is CC(=O)N[C@H]1[C@H](O[C@@H]2[C@@H](O)[C@H](C)O[C@@H](O[C@@H]3[C@@H](O)[C@H](C)O[C@@H](O)[C@@H]3O)[C@@H]2O)O[C@H](CO)[C@@H](O)[C@@H]1O. The third-order valence-corrected chi connectivity index (χ3v) is 6.42. The second kappa shape index (κ2) is 11.6. The van der Waals surface area contributed by atoms with Crippen molar-refractivity contribution in [2.24, 2.45) is 0 Å². The first kappa shape index (κ1) is 28.5. The number of amides is 1. The van der Waals surface area contributed by atoms with Crippen LogP contribution in [0.3, 0.4) is 0 Å². The maximum absolute atomic E-state index is 11.6. The van der Waals surface area contributed by atoms with Crippen molar-refractivity contribution in [3.8, 4) is 0 Å². The van der Waals surface area contributed by atoms with Crippen molar-refractivity contribution >= 4 is 5.91 Å². The second-order valence-electron chi connectivity index (χ2n) is 9.04. The molecule has 0 aromatic rings. The average molecular weight is 513 g/mol. The Balaban J connectivity index is 1.80. The van der Waals surface area contributed by atoms with Gasteiger partial charge in [-0.05, 0) is 13.8 Å². The zero-order valence-corrected chi connectivity index (χ0v) is 19.4. The highest BCUT2D eigenvalue weighted by atomic mass is 16.7. The van der Waals surface area contributed by atoms with Gasteiger partial charge in [-0.15, -0.1) is 0 Å². The van der Waals surface area contributed by atoms with Gasteiger partial charge in [-0.25, -0.2) is 0 Å². The molecule has 3 rings (SSSR count). The van der Waals surface area contributed by atoms with Crippen molar-refractivity contribution in [1.29, 1.82) is 0 Å². The molecule has 9 N–H and O–H groups in total. The van der Waals surface area contributed by atoms with Crippen LogP contribution in [-0.2, 0) is 28.5 Å². The Kier molecular flexibility index (Phi) is 9.42. The first-order valence-electron chi connectivity index (χ1n) is 11.3. The van der Waals surface area contributed by atoms with Gasteiger partial charge < -0.3 is 69.9 Å². The number of hydrogen-bond acceptors (Lipinski definition) is 14. The van der Waals surface area contributed by atoms with Gasteiger partial charge in [0.15, 0.2) is 18.9 Å². The highest BCUT2D eigenvalue weighted by Gasteiger charge is 2.52. The Morgan fingerprint density at radius 1 is 0.743 bits per heavy atom. The van der Waals surface area contributed by atoms with E-state index >= 15 is 0 Å². The van der Waals surface area contributed by atoms with E-state index in [1.54, 1.807) is 0 Å². The number of nitrogens with one attached hydrogen (secondary N) is 1. The lowest BCUT2D eigenvalue weighted by molar-refractivity contribution is -0.368. The van der Waals surface area contributed by atoms with Gasteiger partial charge in [0.1, 0.15) is 61.0 Å². The van der Waals surface area contributed by atoms with Crippen LogP contribution in [0.1, 0.15) is 20.8 Å². The van der Waals surface area contributed by atoms with Crippen molar-refractivity contribution in [1.82, 2.24) is 5.32 Å². The third-order valence-electron chi connectivity index (χ3n) is 6.42. The monoisotopic (exact) mass is 513 g/mol. The summed E-state index contributed by atoms with van der Waals surface area (Å²) >= 11 is 0. The average Bonchev–Trinajstić information content (AvgIpc) is 2.80. The van der Waals surface area contributed by atoms with E-state index in [-0.39, 0.29) is 0 Å². The summed E-state index contributed by atoms with van der Waals surface area (Å²) in [6.07, 6.45) is -20.5. The minimum Gasteiger partial charge on any atom is -0.394 e. The fourth-order valence-electron chi connectivity index (χ4n) is 4.34. The maximum Gasteiger partial charge on any atom is 0.217 e. The molecule has 204 valence electrons. The van der Waals surface area contributed by atoms with E-state index < -0.39 is 105 Å². The summed E-state index contributed by atoms with van der Waals surface area (Å²) in [6.45, 7) is 3.32. The van der Waals surface area contributed by atoms with Crippen LogP contribution >= 0.6 is 0 Å². The van der Waals surface area contributed by atoms with Crippen LogP contribution < -0.4 is 5.32 Å². The fraction of sp³-hybridized carbons (Fsp3) is 0.950. The normalized spacial score (nSPS) is 51.1. The van der Waals surface area contributed by atoms with E-state index in [1.165, 1.54) is 13.8 Å². The minimum absolute atomic E-state index is 0.598. The van der Waals surface area contributed by atoms with Gasteiger partial charge >= 0.3 is 0 Å². The zero-order valence-electron chi connectivity index (χ0n) is 19.4. The molecule has 0 aromatic heterocycles. The Morgan fingerprint density at radius 2 is 1.29 bits per heavy atom. The predicted molar refractivity (Wildman–Crippen MR) is 110 cm³/mol. The summed E-state index contributed by atoms with van der Waals surface area (Å²) in [4.78, 5) is 11.6. The number of carbonyl (C=O) groups is 1. The fourth-order valence-corrected chi connectivity index (χ4v) is 4.34. The van der Waals surface area contributed by atoms with Crippen LogP contribution in [0.5, 0.6) is 0 Å². The third kappa shape index (κ3) is 5.93. The van der Waals surface area contributed by atoms with Gasteiger partial charge in [0.2, 0.25) is 5.91 Å². The smallest absolute Gasteiger partial charge is 0.217 e. The quantitative estimate of drug-likeness (QED) is 0.161. The second-order valence-corrected chi connectivity index (χ2v) is 9.04. The van der Waals surface area contributed by atoms with Crippen molar-refractivity contribution in [2.45, 2.75) is 113 Å². The van der Waals surface area contributed by atoms with Crippen LogP contribution in [0.15, 0.2) is 0 Å². The van der Waals surface area contributed by atoms with E-state index in [0.29, 0.717) is 0 Å². The minimum atomic E-state index is -1.76. The van der Waals surface area contributed by atoms with Crippen LogP contribution in [0.25, 0.3) is 0 Å². The van der Waals surface area contributed by atoms with Crippen molar-refractivity contribution in [3.05, 3.63) is 0 Å². The number of ether oxygens (including phenoxy) is 5. The van der Waals surface area contributed by atoms with Crippen molar-refractivity contribution in [3.63, 3.8) is 0 Å². The first-order chi connectivity index (χ1) is 16.4. The van der Waals surface area contributed by atoms with Crippen LogP contribution in [0, 0.1) is 0 Å². The Bertz CT molecular complexity index is 701. The number of rotatable bonds is 6. The van der Waals surface area contributed by atoms with E-state index in [4.69, 9.17) is 23.7 Å². The molecule has 3 aliphatic rings. The molecule has 3 saturated heterocycles. The summed E-state index contributed by atoms with van der Waals surface area (Å²) in [7, 11) is 0. The Hall–Kier alpha value is -1.05. The van der Waals surface area contributed by atoms with Gasteiger partial charge in [-0.1, -0.05) is 0 Å². The lowest BCUT2D eigenvalue weighted by Gasteiger charge is -2.48. The molecule has 0 aliphatic carbocycles. The molecule has 3 aliphatic heterocycles. The van der Waals surface area contributed by atoms with Crippen molar-refractivity contribution < 1.29 is 69.3 Å². The molecule has 35 heavy (non-hydrogen) atoms. The molecule has 1 amide bonds. The van der Waals surface area contributed by atoms with E-state index in [1.807, 2.05) is 0 Å². The van der Waals surface area contributed by atoms with E-state index in [0.717, 1.165) is 6.92 Å². The lowest BCUT2D eigenvalue weighted by atomic mass is 9.95. The summed E-state index contributed by atoms with van der Waals surface area (Å²) < 4.78 is 27.3. The number of hydrogen-bond donors (Lipinski definition) is 9. The molecule has 3 heterocycles. The molecule has 0 spiro atoms. The van der Waals surface area contributed by atoms with Crippen LogP contribution in [0.4, 0.5) is 0 Å². The lowest BCUT2D eigenvalue weighted by Crippen LogP contribution is -2.68.